The molecule has 1 atom stereocenters. The lowest BCUT2D eigenvalue weighted by Crippen LogP contribution is -2.27. The van der Waals surface area contributed by atoms with Crippen LogP contribution in [0.5, 0.6) is 0 Å². The lowest BCUT2D eigenvalue weighted by atomic mass is 9.99. The topological polar surface area (TPSA) is 59.4 Å². The summed E-state index contributed by atoms with van der Waals surface area (Å²) >= 11 is 0. The first-order chi connectivity index (χ1) is 9.28. The summed E-state index contributed by atoms with van der Waals surface area (Å²) in [6.45, 7) is 7.43. The average Bonchev–Trinajstić information content (AvgIpc) is 2.34. The van der Waals surface area contributed by atoms with E-state index in [4.69, 9.17) is 4.74 Å². The Morgan fingerprint density at radius 1 is 1.35 bits per heavy atom. The van der Waals surface area contributed by atoms with Crippen LogP contribution >= 0.6 is 0 Å². The SMILES string of the molecule is Cc1cc2cccnc2cc1[C@H](OC(C)(C)C)C(=O)O. The van der Waals surface area contributed by atoms with E-state index in [1.54, 1.807) is 12.3 Å². The molecule has 0 saturated heterocycles. The van der Waals surface area contributed by atoms with Gasteiger partial charge in [-0.15, -0.1) is 0 Å². The van der Waals surface area contributed by atoms with Crippen LogP contribution in [0.1, 0.15) is 38.0 Å². The Balaban J connectivity index is 2.53. The summed E-state index contributed by atoms with van der Waals surface area (Å²) in [6, 6.07) is 7.57. The third-order valence-corrected chi connectivity index (χ3v) is 2.97. The molecule has 1 aromatic heterocycles. The summed E-state index contributed by atoms with van der Waals surface area (Å²) in [6.07, 6.45) is 0.711. The Labute approximate surface area is 118 Å². The van der Waals surface area contributed by atoms with Gasteiger partial charge in [0.2, 0.25) is 0 Å². The van der Waals surface area contributed by atoms with Gasteiger partial charge >= 0.3 is 5.97 Å². The third kappa shape index (κ3) is 3.14. The molecule has 0 radical (unpaired) electrons. The van der Waals surface area contributed by atoms with Crippen LogP contribution in [0.15, 0.2) is 30.5 Å². The first-order valence-electron chi connectivity index (χ1n) is 6.54. The maximum absolute atomic E-state index is 11.5. The number of carboxylic acids is 1. The Morgan fingerprint density at radius 3 is 2.65 bits per heavy atom. The minimum absolute atomic E-state index is 0.533. The first-order valence-corrected chi connectivity index (χ1v) is 6.54. The quantitative estimate of drug-likeness (QED) is 0.930. The van der Waals surface area contributed by atoms with E-state index in [-0.39, 0.29) is 0 Å². The third-order valence-electron chi connectivity index (χ3n) is 2.97. The standard InChI is InChI=1S/C16H19NO3/c1-10-8-11-6-5-7-17-13(11)9-12(10)14(15(18)19)20-16(2,3)4/h5-9,14H,1-4H3,(H,18,19)/t14-/m0/s1. The van der Waals surface area contributed by atoms with Gasteiger partial charge in [-0.2, -0.15) is 0 Å². The highest BCUT2D eigenvalue weighted by molar-refractivity contribution is 5.83. The molecule has 0 unspecified atom stereocenters. The lowest BCUT2D eigenvalue weighted by molar-refractivity contribution is -0.160. The van der Waals surface area contributed by atoms with Gasteiger partial charge < -0.3 is 9.84 Å². The summed E-state index contributed by atoms with van der Waals surface area (Å²) in [5, 5.41) is 10.4. The number of hydrogen-bond donors (Lipinski definition) is 1. The molecule has 106 valence electrons. The fourth-order valence-electron chi connectivity index (χ4n) is 2.13. The average molecular weight is 273 g/mol. The zero-order valence-corrected chi connectivity index (χ0v) is 12.2. The zero-order chi connectivity index (χ0) is 14.9. The van der Waals surface area contributed by atoms with Gasteiger partial charge in [0.1, 0.15) is 0 Å². The molecule has 1 heterocycles. The molecule has 1 aromatic carbocycles. The van der Waals surface area contributed by atoms with Gasteiger partial charge in [0, 0.05) is 11.6 Å². The van der Waals surface area contributed by atoms with Crippen molar-refractivity contribution >= 4 is 16.9 Å². The number of aryl methyl sites for hydroxylation is 1. The van der Waals surface area contributed by atoms with Crippen molar-refractivity contribution in [3.8, 4) is 0 Å². The van der Waals surface area contributed by atoms with Crippen molar-refractivity contribution in [2.24, 2.45) is 0 Å². The molecule has 0 spiro atoms. The van der Waals surface area contributed by atoms with E-state index < -0.39 is 17.7 Å². The van der Waals surface area contributed by atoms with Gasteiger partial charge in [0.15, 0.2) is 6.10 Å². The number of pyridine rings is 1. The first kappa shape index (κ1) is 14.5. The monoisotopic (exact) mass is 273 g/mol. The van der Waals surface area contributed by atoms with E-state index in [0.29, 0.717) is 5.56 Å². The molecule has 4 nitrogen and oxygen atoms in total. The smallest absolute Gasteiger partial charge is 0.337 e. The molecular formula is C16H19NO3. The van der Waals surface area contributed by atoms with E-state index in [1.807, 2.05) is 45.9 Å². The van der Waals surface area contributed by atoms with Crippen molar-refractivity contribution in [1.29, 1.82) is 0 Å². The molecule has 0 aliphatic heterocycles. The van der Waals surface area contributed by atoms with Crippen molar-refractivity contribution in [3.05, 3.63) is 41.6 Å². The van der Waals surface area contributed by atoms with Gasteiger partial charge in [-0.1, -0.05) is 6.07 Å². The minimum atomic E-state index is -0.988. The van der Waals surface area contributed by atoms with Crippen LogP contribution in [0.4, 0.5) is 0 Å². The van der Waals surface area contributed by atoms with Crippen LogP contribution in [-0.4, -0.2) is 21.7 Å². The summed E-state index contributed by atoms with van der Waals surface area (Å²) in [5.41, 5.74) is 1.78. The van der Waals surface area contributed by atoms with Gasteiger partial charge in [-0.05, 0) is 57.0 Å². The highest BCUT2D eigenvalue weighted by atomic mass is 16.5. The van der Waals surface area contributed by atoms with Crippen LogP contribution in [0.3, 0.4) is 0 Å². The second kappa shape index (κ2) is 5.21. The summed E-state index contributed by atoms with van der Waals surface area (Å²) in [7, 11) is 0. The molecule has 4 heteroatoms. The van der Waals surface area contributed by atoms with Crippen molar-refractivity contribution in [3.63, 3.8) is 0 Å². The number of aliphatic carboxylic acids is 1. The molecular weight excluding hydrogens is 254 g/mol. The number of benzene rings is 1. The van der Waals surface area contributed by atoms with Crippen LogP contribution in [-0.2, 0) is 9.53 Å². The Hall–Kier alpha value is -1.94. The number of fused-ring (bicyclic) bond motifs is 1. The Morgan fingerprint density at radius 2 is 2.05 bits per heavy atom. The number of carbonyl (C=O) groups is 1. The fraction of sp³-hybridized carbons (Fsp3) is 0.375. The number of ether oxygens (including phenoxy) is 1. The molecule has 2 aromatic rings. The number of nitrogens with zero attached hydrogens (tertiary/aromatic N) is 1. The summed E-state index contributed by atoms with van der Waals surface area (Å²) in [4.78, 5) is 15.8. The normalized spacial score (nSPS) is 13.4. The van der Waals surface area contributed by atoms with Crippen molar-refractivity contribution < 1.29 is 14.6 Å². The van der Waals surface area contributed by atoms with Gasteiger partial charge in [0.05, 0.1) is 11.1 Å². The van der Waals surface area contributed by atoms with Gasteiger partial charge in [0.25, 0.3) is 0 Å². The number of rotatable bonds is 3. The molecule has 20 heavy (non-hydrogen) atoms. The second-order valence-corrected chi connectivity index (χ2v) is 5.85. The molecule has 0 fully saturated rings. The minimum Gasteiger partial charge on any atom is -0.479 e. The van der Waals surface area contributed by atoms with E-state index in [2.05, 4.69) is 4.98 Å². The maximum atomic E-state index is 11.5. The molecule has 0 aliphatic rings. The largest absolute Gasteiger partial charge is 0.479 e. The number of carboxylic acid groups (broad SMARTS) is 1. The maximum Gasteiger partial charge on any atom is 0.337 e. The van der Waals surface area contributed by atoms with Gasteiger partial charge in [-0.3, -0.25) is 4.98 Å². The van der Waals surface area contributed by atoms with E-state index in [9.17, 15) is 9.90 Å². The van der Waals surface area contributed by atoms with Crippen molar-refractivity contribution in [2.75, 3.05) is 0 Å². The zero-order valence-electron chi connectivity index (χ0n) is 12.2. The molecule has 0 bridgehead atoms. The highest BCUT2D eigenvalue weighted by Gasteiger charge is 2.28. The van der Waals surface area contributed by atoms with E-state index in [1.165, 1.54) is 0 Å². The summed E-state index contributed by atoms with van der Waals surface area (Å²) in [5.74, 6) is -0.988. The lowest BCUT2D eigenvalue weighted by Gasteiger charge is -2.26. The van der Waals surface area contributed by atoms with Crippen molar-refractivity contribution in [1.82, 2.24) is 4.98 Å². The highest BCUT2D eigenvalue weighted by Crippen LogP contribution is 2.29. The predicted molar refractivity (Wildman–Crippen MR) is 77.7 cm³/mol. The predicted octanol–water partition coefficient (Wildman–Crippen LogP) is 3.48. The Bertz CT molecular complexity index is 644. The van der Waals surface area contributed by atoms with Crippen molar-refractivity contribution in [2.45, 2.75) is 39.4 Å². The van der Waals surface area contributed by atoms with Crippen LogP contribution in [0.2, 0.25) is 0 Å². The van der Waals surface area contributed by atoms with Crippen LogP contribution < -0.4 is 0 Å². The molecule has 0 aliphatic carbocycles. The number of aromatic nitrogens is 1. The number of hydrogen-bond acceptors (Lipinski definition) is 3. The summed E-state index contributed by atoms with van der Waals surface area (Å²) < 4.78 is 5.69. The Kier molecular flexibility index (Phi) is 3.77. The molecule has 0 amide bonds. The molecule has 0 saturated carbocycles. The molecule has 2 rings (SSSR count). The van der Waals surface area contributed by atoms with E-state index in [0.717, 1.165) is 16.5 Å². The van der Waals surface area contributed by atoms with E-state index >= 15 is 0 Å². The second-order valence-electron chi connectivity index (χ2n) is 5.85. The fourth-order valence-corrected chi connectivity index (χ4v) is 2.13. The van der Waals surface area contributed by atoms with Crippen LogP contribution in [0, 0.1) is 6.92 Å². The molecule has 1 N–H and O–H groups in total. The van der Waals surface area contributed by atoms with Crippen LogP contribution in [0.25, 0.3) is 10.9 Å². The van der Waals surface area contributed by atoms with Gasteiger partial charge in [-0.25, -0.2) is 4.79 Å².